The molecule has 0 unspecified atom stereocenters. The number of aliphatic hydroxyl groups is 1. The SMILES string of the molecule is COC(=O)CC#Cc1c(OC)cc(CO)cc1OC. The molecule has 0 spiro atoms. The highest BCUT2D eigenvalue weighted by atomic mass is 16.5. The van der Waals surface area contributed by atoms with Crippen molar-refractivity contribution in [3.8, 4) is 23.3 Å². The zero-order valence-electron chi connectivity index (χ0n) is 11.1. The third-order valence-electron chi connectivity index (χ3n) is 2.42. The lowest BCUT2D eigenvalue weighted by atomic mass is 10.1. The van der Waals surface area contributed by atoms with Gasteiger partial charge in [0.25, 0.3) is 0 Å². The molecule has 0 aliphatic heterocycles. The van der Waals surface area contributed by atoms with E-state index in [9.17, 15) is 4.79 Å². The average molecular weight is 264 g/mol. The Hall–Kier alpha value is -2.19. The van der Waals surface area contributed by atoms with Crippen LogP contribution < -0.4 is 9.47 Å². The van der Waals surface area contributed by atoms with Crippen LogP contribution in [0.5, 0.6) is 11.5 Å². The van der Waals surface area contributed by atoms with E-state index in [0.717, 1.165) is 0 Å². The fraction of sp³-hybridized carbons (Fsp3) is 0.357. The summed E-state index contributed by atoms with van der Waals surface area (Å²) in [6.45, 7) is -0.122. The van der Waals surface area contributed by atoms with Crippen molar-refractivity contribution in [2.75, 3.05) is 21.3 Å². The van der Waals surface area contributed by atoms with Crippen molar-refractivity contribution in [1.82, 2.24) is 0 Å². The Labute approximate surface area is 112 Å². The summed E-state index contributed by atoms with van der Waals surface area (Å²) in [6.07, 6.45) is -0.00937. The number of esters is 1. The number of aliphatic hydroxyl groups excluding tert-OH is 1. The summed E-state index contributed by atoms with van der Waals surface area (Å²) >= 11 is 0. The first-order valence-corrected chi connectivity index (χ1v) is 5.57. The summed E-state index contributed by atoms with van der Waals surface area (Å²) < 4.78 is 14.9. The van der Waals surface area contributed by atoms with E-state index in [1.54, 1.807) is 12.1 Å². The van der Waals surface area contributed by atoms with Gasteiger partial charge in [-0.15, -0.1) is 0 Å². The maximum absolute atomic E-state index is 11.0. The lowest BCUT2D eigenvalue weighted by Gasteiger charge is -2.10. The second-order valence-electron chi connectivity index (χ2n) is 3.59. The van der Waals surface area contributed by atoms with Crippen LogP contribution in [0.3, 0.4) is 0 Å². The van der Waals surface area contributed by atoms with Gasteiger partial charge in [-0.2, -0.15) is 0 Å². The van der Waals surface area contributed by atoms with Gasteiger partial charge in [0.15, 0.2) is 0 Å². The maximum atomic E-state index is 11.0. The molecule has 0 bridgehead atoms. The standard InChI is InChI=1S/C14H16O5/c1-17-12-7-10(9-15)8-13(18-2)11(12)5-4-6-14(16)19-3/h7-8,15H,6,9H2,1-3H3. The van der Waals surface area contributed by atoms with E-state index in [4.69, 9.17) is 14.6 Å². The van der Waals surface area contributed by atoms with Crippen molar-refractivity contribution in [3.63, 3.8) is 0 Å². The molecule has 0 aliphatic rings. The lowest BCUT2D eigenvalue weighted by Crippen LogP contribution is -1.98. The van der Waals surface area contributed by atoms with E-state index in [-0.39, 0.29) is 13.0 Å². The normalized spacial score (nSPS) is 9.26. The van der Waals surface area contributed by atoms with Crippen LogP contribution in [-0.2, 0) is 16.1 Å². The average Bonchev–Trinajstić information content (AvgIpc) is 2.46. The van der Waals surface area contributed by atoms with E-state index in [1.807, 2.05) is 0 Å². The van der Waals surface area contributed by atoms with Gasteiger partial charge in [0.05, 0.1) is 27.9 Å². The van der Waals surface area contributed by atoms with Crippen molar-refractivity contribution in [3.05, 3.63) is 23.3 Å². The van der Waals surface area contributed by atoms with Crippen molar-refractivity contribution < 1.29 is 24.1 Å². The number of carbonyl (C=O) groups excluding carboxylic acids is 1. The van der Waals surface area contributed by atoms with Gasteiger partial charge in [0.2, 0.25) is 0 Å². The minimum absolute atomic E-state index is 0.00937. The molecule has 102 valence electrons. The van der Waals surface area contributed by atoms with Crippen LogP contribution in [0, 0.1) is 11.8 Å². The summed E-state index contributed by atoms with van der Waals surface area (Å²) in [6, 6.07) is 3.34. The predicted molar refractivity (Wildman–Crippen MR) is 69.0 cm³/mol. The Morgan fingerprint density at radius 3 is 2.21 bits per heavy atom. The van der Waals surface area contributed by atoms with Gasteiger partial charge in [-0.1, -0.05) is 11.8 Å². The zero-order chi connectivity index (χ0) is 14.3. The highest BCUT2D eigenvalue weighted by Crippen LogP contribution is 2.29. The Bertz CT molecular complexity index is 485. The Morgan fingerprint density at radius 2 is 1.79 bits per heavy atom. The zero-order valence-corrected chi connectivity index (χ0v) is 11.1. The van der Waals surface area contributed by atoms with Gasteiger partial charge in [-0.05, 0) is 17.7 Å². The number of hydrogen-bond donors (Lipinski definition) is 1. The molecule has 0 amide bonds. The largest absolute Gasteiger partial charge is 0.495 e. The molecule has 1 N–H and O–H groups in total. The van der Waals surface area contributed by atoms with Crippen LogP contribution in [0.4, 0.5) is 0 Å². The van der Waals surface area contributed by atoms with Gasteiger partial charge in [0, 0.05) is 0 Å². The molecule has 0 heterocycles. The first kappa shape index (κ1) is 14.9. The van der Waals surface area contributed by atoms with E-state index in [1.165, 1.54) is 21.3 Å². The molecular formula is C14H16O5. The molecular weight excluding hydrogens is 248 g/mol. The molecule has 0 saturated carbocycles. The minimum Gasteiger partial charge on any atom is -0.495 e. The number of rotatable bonds is 4. The van der Waals surface area contributed by atoms with Crippen LogP contribution >= 0.6 is 0 Å². The molecule has 0 aliphatic carbocycles. The van der Waals surface area contributed by atoms with Crippen LogP contribution in [0.15, 0.2) is 12.1 Å². The summed E-state index contributed by atoms with van der Waals surface area (Å²) in [5.41, 5.74) is 1.19. The molecule has 1 aromatic rings. The fourth-order valence-electron chi connectivity index (χ4n) is 1.46. The molecule has 19 heavy (non-hydrogen) atoms. The molecule has 5 nitrogen and oxygen atoms in total. The third kappa shape index (κ3) is 3.90. The highest BCUT2D eigenvalue weighted by molar-refractivity contribution is 5.72. The Kier molecular flexibility index (Phi) is 5.71. The van der Waals surface area contributed by atoms with Gasteiger partial charge in [-0.25, -0.2) is 0 Å². The lowest BCUT2D eigenvalue weighted by molar-refractivity contribution is -0.139. The molecule has 5 heteroatoms. The van der Waals surface area contributed by atoms with Gasteiger partial charge < -0.3 is 19.3 Å². The van der Waals surface area contributed by atoms with E-state index in [0.29, 0.717) is 22.6 Å². The number of hydrogen-bond acceptors (Lipinski definition) is 5. The Balaban J connectivity index is 3.13. The first-order valence-electron chi connectivity index (χ1n) is 5.57. The molecule has 1 rings (SSSR count). The van der Waals surface area contributed by atoms with Gasteiger partial charge >= 0.3 is 5.97 Å². The smallest absolute Gasteiger partial charge is 0.317 e. The Morgan fingerprint density at radius 1 is 1.21 bits per heavy atom. The van der Waals surface area contributed by atoms with E-state index >= 15 is 0 Å². The van der Waals surface area contributed by atoms with Gasteiger partial charge in [-0.3, -0.25) is 4.79 Å². The number of benzene rings is 1. The van der Waals surface area contributed by atoms with Crippen LogP contribution in [0.25, 0.3) is 0 Å². The molecule has 0 fully saturated rings. The van der Waals surface area contributed by atoms with Crippen LogP contribution in [0.1, 0.15) is 17.5 Å². The summed E-state index contributed by atoms with van der Waals surface area (Å²) in [5, 5.41) is 9.14. The second kappa shape index (κ2) is 7.29. The number of carbonyl (C=O) groups is 1. The number of ether oxygens (including phenoxy) is 3. The summed E-state index contributed by atoms with van der Waals surface area (Å²) in [5.74, 6) is 6.08. The van der Waals surface area contributed by atoms with Crippen LogP contribution in [0.2, 0.25) is 0 Å². The molecule has 1 aromatic carbocycles. The van der Waals surface area contributed by atoms with Crippen LogP contribution in [-0.4, -0.2) is 32.4 Å². The van der Waals surface area contributed by atoms with Crippen molar-refractivity contribution >= 4 is 5.97 Å². The van der Waals surface area contributed by atoms with Crippen molar-refractivity contribution in [1.29, 1.82) is 0 Å². The fourth-order valence-corrected chi connectivity index (χ4v) is 1.46. The van der Waals surface area contributed by atoms with E-state index in [2.05, 4.69) is 16.6 Å². The molecule has 0 radical (unpaired) electrons. The summed E-state index contributed by atoms with van der Waals surface area (Å²) in [7, 11) is 4.31. The molecule has 0 saturated heterocycles. The second-order valence-corrected chi connectivity index (χ2v) is 3.59. The number of methoxy groups -OCH3 is 3. The summed E-state index contributed by atoms with van der Waals surface area (Å²) in [4.78, 5) is 11.0. The monoisotopic (exact) mass is 264 g/mol. The molecule has 0 aromatic heterocycles. The predicted octanol–water partition coefficient (Wildman–Crippen LogP) is 1.11. The van der Waals surface area contributed by atoms with Crippen molar-refractivity contribution in [2.45, 2.75) is 13.0 Å². The quantitative estimate of drug-likeness (QED) is 0.652. The highest BCUT2D eigenvalue weighted by Gasteiger charge is 2.10. The maximum Gasteiger partial charge on any atom is 0.317 e. The first-order chi connectivity index (χ1) is 9.15. The molecule has 0 atom stereocenters. The minimum atomic E-state index is -0.405. The topological polar surface area (TPSA) is 65.0 Å². The van der Waals surface area contributed by atoms with Gasteiger partial charge in [0.1, 0.15) is 23.5 Å². The van der Waals surface area contributed by atoms with E-state index < -0.39 is 5.97 Å². The van der Waals surface area contributed by atoms with Crippen molar-refractivity contribution in [2.24, 2.45) is 0 Å². The third-order valence-corrected chi connectivity index (χ3v) is 2.42.